The van der Waals surface area contributed by atoms with Crippen LogP contribution in [-0.2, 0) is 0 Å². The Morgan fingerprint density at radius 3 is 2.29 bits per heavy atom. The molecule has 1 aliphatic rings. The second kappa shape index (κ2) is 4.04. The third-order valence-electron chi connectivity index (χ3n) is 2.96. The maximum atomic E-state index is 7.71. The van der Waals surface area contributed by atoms with Gasteiger partial charge in [0, 0.05) is 20.1 Å². The van der Waals surface area contributed by atoms with E-state index in [1.807, 2.05) is 0 Å². The molecular formula is C13H19N. The Morgan fingerprint density at radius 1 is 1.14 bits per heavy atom. The molecule has 1 nitrogen and oxygen atoms in total. The van der Waals surface area contributed by atoms with Crippen LogP contribution in [0.2, 0.25) is 0 Å². The van der Waals surface area contributed by atoms with E-state index >= 15 is 0 Å². The summed E-state index contributed by atoms with van der Waals surface area (Å²) in [6.07, 6.45) is 2.17. The molecule has 1 aliphatic heterocycles. The topological polar surface area (TPSA) is 3.24 Å². The Labute approximate surface area is 88.1 Å². The predicted molar refractivity (Wildman–Crippen MR) is 62.0 cm³/mol. The lowest BCUT2D eigenvalue weighted by molar-refractivity contribution is 0.576. The summed E-state index contributed by atoms with van der Waals surface area (Å²) < 4.78 is 7.71. The van der Waals surface area contributed by atoms with Crippen LogP contribution in [0.3, 0.4) is 0 Å². The Balaban J connectivity index is 2.22. The molecule has 1 saturated heterocycles. The number of anilines is 1. The zero-order valence-electron chi connectivity index (χ0n) is 10.1. The van der Waals surface area contributed by atoms with E-state index in [0.717, 1.165) is 25.9 Å². The second-order valence-electron chi connectivity index (χ2n) is 4.09. The maximum Gasteiger partial charge on any atom is 0.0425 e. The molecule has 14 heavy (non-hydrogen) atoms. The minimum absolute atomic E-state index is 0.158. The van der Waals surface area contributed by atoms with E-state index in [9.17, 15) is 0 Å². The van der Waals surface area contributed by atoms with Crippen molar-refractivity contribution in [3.05, 3.63) is 29.3 Å². The van der Waals surface area contributed by atoms with Crippen LogP contribution in [0.1, 0.15) is 31.7 Å². The van der Waals surface area contributed by atoms with Crippen molar-refractivity contribution in [2.24, 2.45) is 0 Å². The van der Waals surface area contributed by atoms with Gasteiger partial charge in [0.25, 0.3) is 0 Å². The fourth-order valence-corrected chi connectivity index (χ4v) is 2.28. The van der Waals surface area contributed by atoms with Gasteiger partial charge in [0.15, 0.2) is 0 Å². The van der Waals surface area contributed by atoms with Crippen LogP contribution in [0.5, 0.6) is 0 Å². The fourth-order valence-electron chi connectivity index (χ4n) is 2.28. The summed E-state index contributed by atoms with van der Waals surface area (Å²) in [6.45, 7) is 6.43. The van der Waals surface area contributed by atoms with Gasteiger partial charge in [-0.25, -0.2) is 0 Å². The first-order valence-electron chi connectivity index (χ1n) is 5.99. The van der Waals surface area contributed by atoms with Crippen molar-refractivity contribution in [2.75, 3.05) is 18.0 Å². The number of benzene rings is 1. The Morgan fingerprint density at radius 2 is 1.71 bits per heavy atom. The SMILES string of the molecule is [2H]C1CCN(c2c(C)cccc2C)CC1. The molecule has 0 N–H and O–H groups in total. The fraction of sp³-hybridized carbons (Fsp3) is 0.538. The van der Waals surface area contributed by atoms with Crippen molar-refractivity contribution in [1.29, 1.82) is 0 Å². The molecule has 0 bridgehead atoms. The number of piperidine rings is 1. The molecule has 0 amide bonds. The number of rotatable bonds is 1. The molecule has 0 aliphatic carbocycles. The highest BCUT2D eigenvalue weighted by Gasteiger charge is 2.14. The van der Waals surface area contributed by atoms with Crippen LogP contribution in [0.15, 0.2) is 18.2 Å². The maximum absolute atomic E-state index is 7.71. The minimum Gasteiger partial charge on any atom is -0.371 e. The second-order valence-corrected chi connectivity index (χ2v) is 4.09. The Bertz CT molecular complexity index is 320. The van der Waals surface area contributed by atoms with Crippen LogP contribution in [0, 0.1) is 13.8 Å². The van der Waals surface area contributed by atoms with Crippen LogP contribution in [0.25, 0.3) is 0 Å². The van der Waals surface area contributed by atoms with Crippen molar-refractivity contribution in [3.63, 3.8) is 0 Å². The van der Waals surface area contributed by atoms with Gasteiger partial charge in [-0.3, -0.25) is 0 Å². The summed E-state index contributed by atoms with van der Waals surface area (Å²) in [4.78, 5) is 2.44. The Hall–Kier alpha value is -0.980. The van der Waals surface area contributed by atoms with Gasteiger partial charge in [0.05, 0.1) is 0 Å². The van der Waals surface area contributed by atoms with Crippen molar-refractivity contribution >= 4 is 5.69 Å². The molecule has 0 radical (unpaired) electrons. The first-order valence-corrected chi connectivity index (χ1v) is 5.42. The van der Waals surface area contributed by atoms with Crippen molar-refractivity contribution in [1.82, 2.24) is 0 Å². The van der Waals surface area contributed by atoms with Crippen molar-refractivity contribution in [3.8, 4) is 0 Å². The first-order chi connectivity index (χ1) is 7.18. The van der Waals surface area contributed by atoms with Gasteiger partial charge < -0.3 is 4.90 Å². The number of nitrogens with zero attached hydrogens (tertiary/aromatic N) is 1. The predicted octanol–water partition coefficient (Wildman–Crippen LogP) is 3.29. The summed E-state index contributed by atoms with van der Waals surface area (Å²) in [5.74, 6) is 0. The highest BCUT2D eigenvalue weighted by Crippen LogP contribution is 2.27. The van der Waals surface area contributed by atoms with E-state index in [0.29, 0.717) is 0 Å². The standard InChI is InChI=1S/C13H19N/c1-11-7-6-8-12(2)13(11)14-9-4-3-5-10-14/h6-8H,3-5,9-10H2,1-2H3/i3D. The molecule has 1 fully saturated rings. The largest absolute Gasteiger partial charge is 0.371 e. The summed E-state index contributed by atoms with van der Waals surface area (Å²) in [5.41, 5.74) is 4.11. The Kier molecular flexibility index (Phi) is 2.40. The van der Waals surface area contributed by atoms with Gasteiger partial charge in [0.2, 0.25) is 0 Å². The number of hydrogen-bond acceptors (Lipinski definition) is 1. The third-order valence-corrected chi connectivity index (χ3v) is 2.96. The quantitative estimate of drug-likeness (QED) is 0.657. The zero-order valence-corrected chi connectivity index (χ0v) is 9.09. The van der Waals surface area contributed by atoms with Gasteiger partial charge in [-0.2, -0.15) is 0 Å². The molecule has 0 saturated carbocycles. The monoisotopic (exact) mass is 190 g/mol. The lowest BCUT2D eigenvalue weighted by Gasteiger charge is -2.31. The number of para-hydroxylation sites is 1. The molecule has 1 heterocycles. The zero-order chi connectivity index (χ0) is 10.8. The average Bonchev–Trinajstić information content (AvgIpc) is 2.20. The van der Waals surface area contributed by atoms with Crippen LogP contribution < -0.4 is 4.90 Å². The summed E-state index contributed by atoms with van der Waals surface area (Å²) >= 11 is 0. The van der Waals surface area contributed by atoms with E-state index in [1.165, 1.54) is 16.8 Å². The van der Waals surface area contributed by atoms with E-state index in [2.05, 4.69) is 36.9 Å². The molecule has 1 heteroatoms. The molecule has 0 unspecified atom stereocenters. The molecule has 1 aromatic rings. The summed E-state index contributed by atoms with van der Waals surface area (Å²) in [7, 11) is 0. The van der Waals surface area contributed by atoms with Crippen molar-refractivity contribution in [2.45, 2.75) is 33.1 Å². The van der Waals surface area contributed by atoms with Gasteiger partial charge in [0.1, 0.15) is 0 Å². The van der Waals surface area contributed by atoms with E-state index in [-0.39, 0.29) is 6.40 Å². The van der Waals surface area contributed by atoms with E-state index in [1.54, 1.807) is 0 Å². The van der Waals surface area contributed by atoms with Crippen molar-refractivity contribution < 1.29 is 1.37 Å². The smallest absolute Gasteiger partial charge is 0.0425 e. The van der Waals surface area contributed by atoms with Gasteiger partial charge in [-0.15, -0.1) is 0 Å². The molecule has 1 aromatic carbocycles. The average molecular weight is 190 g/mol. The van der Waals surface area contributed by atoms with E-state index < -0.39 is 0 Å². The van der Waals surface area contributed by atoms with Gasteiger partial charge >= 0.3 is 0 Å². The third kappa shape index (κ3) is 1.77. The molecular weight excluding hydrogens is 170 g/mol. The summed E-state index contributed by atoms with van der Waals surface area (Å²) in [5, 5.41) is 0. The molecule has 0 spiro atoms. The lowest BCUT2D eigenvalue weighted by atomic mass is 10.0. The molecule has 2 rings (SSSR count). The molecule has 76 valence electrons. The van der Waals surface area contributed by atoms with Gasteiger partial charge in [-0.05, 0) is 44.2 Å². The van der Waals surface area contributed by atoms with Gasteiger partial charge in [-0.1, -0.05) is 18.2 Å². The molecule has 0 atom stereocenters. The minimum atomic E-state index is 0.158. The number of hydrogen-bond donors (Lipinski definition) is 0. The van der Waals surface area contributed by atoms with Crippen LogP contribution in [0.4, 0.5) is 5.69 Å². The lowest BCUT2D eigenvalue weighted by Crippen LogP contribution is -2.30. The number of aryl methyl sites for hydroxylation is 2. The van der Waals surface area contributed by atoms with Crippen LogP contribution in [-0.4, -0.2) is 13.1 Å². The van der Waals surface area contributed by atoms with Crippen LogP contribution >= 0.6 is 0 Å². The highest BCUT2D eigenvalue weighted by molar-refractivity contribution is 5.58. The highest BCUT2D eigenvalue weighted by atomic mass is 15.1. The molecule has 0 aromatic heterocycles. The normalized spacial score (nSPS) is 19.6. The summed E-state index contributed by atoms with van der Waals surface area (Å²) in [6, 6.07) is 6.47. The first kappa shape index (κ1) is 8.34. The van der Waals surface area contributed by atoms with E-state index in [4.69, 9.17) is 1.37 Å².